The van der Waals surface area contributed by atoms with Gasteiger partial charge in [0.05, 0.1) is 23.6 Å². The number of halogens is 2. The predicted molar refractivity (Wildman–Crippen MR) is 99.9 cm³/mol. The summed E-state index contributed by atoms with van der Waals surface area (Å²) in [5.74, 6) is -0.999. The average molecular weight is 382 g/mol. The third kappa shape index (κ3) is 3.20. The van der Waals surface area contributed by atoms with Crippen molar-refractivity contribution in [3.8, 4) is 0 Å². The van der Waals surface area contributed by atoms with Crippen LogP contribution in [0, 0.1) is 11.6 Å². The zero-order valence-corrected chi connectivity index (χ0v) is 15.1. The maximum Gasteiger partial charge on any atom is 0.224 e. The summed E-state index contributed by atoms with van der Waals surface area (Å²) in [5.41, 5.74) is 6.94. The molecular formula is C18H16F2N8. The van der Waals surface area contributed by atoms with Gasteiger partial charge in [-0.3, -0.25) is 4.98 Å². The molecule has 4 rings (SSSR count). The molecule has 0 amide bonds. The first kappa shape index (κ1) is 17.7. The first-order valence-corrected chi connectivity index (χ1v) is 8.40. The lowest BCUT2D eigenvalue weighted by Gasteiger charge is -2.16. The third-order valence-corrected chi connectivity index (χ3v) is 4.31. The number of fused-ring (bicyclic) bond motifs is 1. The van der Waals surface area contributed by atoms with Crippen LogP contribution in [0.2, 0.25) is 0 Å². The van der Waals surface area contributed by atoms with Crippen LogP contribution in [0.5, 0.6) is 0 Å². The van der Waals surface area contributed by atoms with Crippen LogP contribution >= 0.6 is 0 Å². The number of hydrogen-bond donors (Lipinski definition) is 2. The third-order valence-electron chi connectivity index (χ3n) is 4.31. The van der Waals surface area contributed by atoms with Gasteiger partial charge in [0.25, 0.3) is 0 Å². The molecule has 1 atom stereocenters. The molecule has 8 nitrogen and oxygen atoms in total. The van der Waals surface area contributed by atoms with Crippen molar-refractivity contribution >= 4 is 28.6 Å². The van der Waals surface area contributed by atoms with Crippen molar-refractivity contribution in [2.75, 3.05) is 11.1 Å². The largest absolute Gasteiger partial charge is 0.368 e. The highest BCUT2D eigenvalue weighted by Gasteiger charge is 2.21. The second-order valence-corrected chi connectivity index (χ2v) is 6.32. The van der Waals surface area contributed by atoms with E-state index >= 15 is 0 Å². The molecule has 10 heteroatoms. The fourth-order valence-electron chi connectivity index (χ4n) is 3.04. The normalized spacial score (nSPS) is 12.3. The molecule has 4 aromatic rings. The summed E-state index contributed by atoms with van der Waals surface area (Å²) in [5, 5.41) is 3.66. The van der Waals surface area contributed by atoms with Gasteiger partial charge in [-0.25, -0.2) is 18.7 Å². The second kappa shape index (κ2) is 6.80. The van der Waals surface area contributed by atoms with E-state index in [9.17, 15) is 8.78 Å². The van der Waals surface area contributed by atoms with Gasteiger partial charge in [0.1, 0.15) is 23.3 Å². The van der Waals surface area contributed by atoms with Gasteiger partial charge in [-0.15, -0.1) is 0 Å². The number of aromatic nitrogens is 6. The van der Waals surface area contributed by atoms with Crippen LogP contribution in [0.1, 0.15) is 24.1 Å². The fourth-order valence-corrected chi connectivity index (χ4v) is 3.04. The monoisotopic (exact) mass is 382 g/mol. The highest BCUT2D eigenvalue weighted by molar-refractivity contribution is 5.92. The van der Waals surface area contributed by atoms with Crippen LogP contribution in [0.4, 0.5) is 26.4 Å². The highest BCUT2D eigenvalue weighted by Crippen LogP contribution is 2.34. The summed E-state index contributed by atoms with van der Waals surface area (Å²) in [7, 11) is 1.84. The molecule has 0 aliphatic heterocycles. The van der Waals surface area contributed by atoms with Crippen LogP contribution < -0.4 is 11.1 Å². The van der Waals surface area contributed by atoms with Crippen LogP contribution in [0.3, 0.4) is 0 Å². The number of nitrogens with two attached hydrogens (primary N) is 1. The molecule has 0 saturated heterocycles. The van der Waals surface area contributed by atoms with Gasteiger partial charge in [-0.2, -0.15) is 9.97 Å². The molecule has 142 valence electrons. The van der Waals surface area contributed by atoms with E-state index < -0.39 is 17.6 Å². The summed E-state index contributed by atoms with van der Waals surface area (Å²) < 4.78 is 29.3. The van der Waals surface area contributed by atoms with Crippen molar-refractivity contribution in [1.82, 2.24) is 29.5 Å². The summed E-state index contributed by atoms with van der Waals surface area (Å²) in [6, 6.07) is 2.53. The zero-order chi connectivity index (χ0) is 19.8. The Morgan fingerprint density at radius 1 is 1.18 bits per heavy atom. The Morgan fingerprint density at radius 2 is 2.00 bits per heavy atom. The minimum atomic E-state index is -0.735. The summed E-state index contributed by atoms with van der Waals surface area (Å²) in [4.78, 5) is 20.8. The van der Waals surface area contributed by atoms with Gasteiger partial charge in [0, 0.05) is 31.4 Å². The average Bonchev–Trinajstić information content (AvgIpc) is 3.05. The first-order valence-electron chi connectivity index (χ1n) is 8.40. The Morgan fingerprint density at radius 3 is 2.71 bits per heavy atom. The molecular weight excluding hydrogens is 366 g/mol. The quantitative estimate of drug-likeness (QED) is 0.559. The maximum absolute atomic E-state index is 14.3. The van der Waals surface area contributed by atoms with Crippen molar-refractivity contribution in [3.63, 3.8) is 0 Å². The number of nitrogens with one attached hydrogen (secondary N) is 1. The lowest BCUT2D eigenvalue weighted by Crippen LogP contribution is -2.08. The predicted octanol–water partition coefficient (Wildman–Crippen LogP) is 2.91. The van der Waals surface area contributed by atoms with Gasteiger partial charge in [-0.05, 0) is 11.6 Å². The SMILES string of the molecule is C[C@H](c1ncc(F)cc1F)c1ccnc2nc(N)nc(Nc3cn(C)cn3)c12. The van der Waals surface area contributed by atoms with E-state index in [2.05, 4.69) is 30.2 Å². The smallest absolute Gasteiger partial charge is 0.224 e. The Bertz CT molecular complexity index is 1170. The zero-order valence-electron chi connectivity index (χ0n) is 15.1. The molecule has 3 N–H and O–H groups in total. The van der Waals surface area contributed by atoms with Crippen LogP contribution in [-0.2, 0) is 7.05 Å². The van der Waals surface area contributed by atoms with E-state index in [0.29, 0.717) is 28.2 Å². The Kier molecular flexibility index (Phi) is 4.30. The molecule has 4 heterocycles. The van der Waals surface area contributed by atoms with E-state index in [1.54, 1.807) is 36.3 Å². The minimum absolute atomic E-state index is 0.0364. The van der Waals surface area contributed by atoms with Crippen molar-refractivity contribution in [3.05, 3.63) is 59.9 Å². The van der Waals surface area contributed by atoms with E-state index in [1.807, 2.05) is 7.05 Å². The van der Waals surface area contributed by atoms with Gasteiger partial charge in [0.15, 0.2) is 5.65 Å². The number of imidazole rings is 1. The van der Waals surface area contributed by atoms with E-state index in [-0.39, 0.29) is 11.6 Å². The minimum Gasteiger partial charge on any atom is -0.368 e. The molecule has 28 heavy (non-hydrogen) atoms. The van der Waals surface area contributed by atoms with E-state index in [0.717, 1.165) is 12.3 Å². The Hall–Kier alpha value is -3.69. The molecule has 0 saturated carbocycles. The standard InChI is InChI=1S/C18H16F2N8/c1-9(15-12(20)5-10(19)6-23-15)11-3-4-22-16-14(11)17(27-18(21)26-16)25-13-7-28(2)8-24-13/h3-9H,1-2H3,(H3,21,22,25,26,27)/t9-/m0/s1. The molecule has 0 aliphatic carbocycles. The molecule has 0 aromatic carbocycles. The highest BCUT2D eigenvalue weighted by atomic mass is 19.1. The summed E-state index contributed by atoms with van der Waals surface area (Å²) in [6.07, 6.45) is 5.94. The van der Waals surface area contributed by atoms with Crippen LogP contribution in [-0.4, -0.2) is 29.5 Å². The summed E-state index contributed by atoms with van der Waals surface area (Å²) >= 11 is 0. The number of rotatable bonds is 4. The molecule has 0 radical (unpaired) electrons. The lowest BCUT2D eigenvalue weighted by molar-refractivity contribution is 0.552. The van der Waals surface area contributed by atoms with Crippen molar-refractivity contribution in [1.29, 1.82) is 0 Å². The number of hydrogen-bond acceptors (Lipinski definition) is 7. The Balaban J connectivity index is 1.88. The first-order chi connectivity index (χ1) is 13.4. The van der Waals surface area contributed by atoms with Gasteiger partial charge < -0.3 is 15.6 Å². The molecule has 0 fully saturated rings. The molecule has 0 unspecified atom stereocenters. The molecule has 4 aromatic heterocycles. The summed E-state index contributed by atoms with van der Waals surface area (Å²) in [6.45, 7) is 1.76. The van der Waals surface area contributed by atoms with E-state index in [4.69, 9.17) is 5.73 Å². The topological polar surface area (TPSA) is 107 Å². The fraction of sp³-hybridized carbons (Fsp3) is 0.167. The molecule has 0 bridgehead atoms. The van der Waals surface area contributed by atoms with Gasteiger partial charge >= 0.3 is 0 Å². The van der Waals surface area contributed by atoms with Crippen molar-refractivity contribution < 1.29 is 8.78 Å². The Labute approximate surface area is 158 Å². The number of nitrogen functional groups attached to an aromatic ring is 1. The number of anilines is 3. The number of nitrogens with zero attached hydrogens (tertiary/aromatic N) is 6. The number of pyridine rings is 2. The van der Waals surface area contributed by atoms with E-state index in [1.165, 1.54) is 0 Å². The van der Waals surface area contributed by atoms with Crippen LogP contribution in [0.15, 0.2) is 37.1 Å². The maximum atomic E-state index is 14.3. The number of aryl methyl sites for hydroxylation is 1. The van der Waals surface area contributed by atoms with Crippen molar-refractivity contribution in [2.45, 2.75) is 12.8 Å². The molecule has 0 spiro atoms. The lowest BCUT2D eigenvalue weighted by atomic mass is 9.94. The van der Waals surface area contributed by atoms with Gasteiger partial charge in [-0.1, -0.05) is 6.92 Å². The van der Waals surface area contributed by atoms with Crippen LogP contribution in [0.25, 0.3) is 11.0 Å². The molecule has 0 aliphatic rings. The second-order valence-electron chi connectivity index (χ2n) is 6.32. The van der Waals surface area contributed by atoms with Crippen molar-refractivity contribution in [2.24, 2.45) is 7.05 Å². The van der Waals surface area contributed by atoms with Gasteiger partial charge in [0.2, 0.25) is 5.95 Å².